The quantitative estimate of drug-likeness (QED) is 0.684. The van der Waals surface area contributed by atoms with Crippen molar-refractivity contribution >= 4 is 5.57 Å². The van der Waals surface area contributed by atoms with Crippen LogP contribution < -0.4 is 0 Å². The van der Waals surface area contributed by atoms with Crippen LogP contribution >= 0.6 is 0 Å². The van der Waals surface area contributed by atoms with Crippen molar-refractivity contribution in [2.45, 2.75) is 6.04 Å². The summed E-state index contributed by atoms with van der Waals surface area (Å²) < 4.78 is 0. The SMILES string of the molecule is CN(C)C1C=CC=C1c1ccccc1. The number of hydrogen-bond acceptors (Lipinski definition) is 1. The lowest BCUT2D eigenvalue weighted by atomic mass is 10.0. The van der Waals surface area contributed by atoms with Gasteiger partial charge in [-0.1, -0.05) is 48.6 Å². The zero-order valence-electron chi connectivity index (χ0n) is 8.64. The van der Waals surface area contributed by atoms with Gasteiger partial charge >= 0.3 is 0 Å². The summed E-state index contributed by atoms with van der Waals surface area (Å²) in [5.74, 6) is 0. The van der Waals surface area contributed by atoms with Gasteiger partial charge in [0.25, 0.3) is 0 Å². The minimum Gasteiger partial charge on any atom is -0.299 e. The van der Waals surface area contributed by atoms with Crippen molar-refractivity contribution in [1.82, 2.24) is 4.90 Å². The van der Waals surface area contributed by atoms with Crippen LogP contribution in [0, 0.1) is 0 Å². The van der Waals surface area contributed by atoms with Crippen molar-refractivity contribution in [3.63, 3.8) is 0 Å². The first-order valence-electron chi connectivity index (χ1n) is 4.89. The Morgan fingerprint density at radius 2 is 1.79 bits per heavy atom. The highest BCUT2D eigenvalue weighted by Gasteiger charge is 2.17. The van der Waals surface area contributed by atoms with Gasteiger partial charge in [0.2, 0.25) is 0 Å². The molecule has 2 rings (SSSR count). The van der Waals surface area contributed by atoms with Crippen molar-refractivity contribution in [2.24, 2.45) is 0 Å². The molecule has 0 fully saturated rings. The number of allylic oxidation sites excluding steroid dienone is 2. The van der Waals surface area contributed by atoms with E-state index in [-0.39, 0.29) is 0 Å². The summed E-state index contributed by atoms with van der Waals surface area (Å²) in [6.07, 6.45) is 6.55. The summed E-state index contributed by atoms with van der Waals surface area (Å²) in [5.41, 5.74) is 2.70. The summed E-state index contributed by atoms with van der Waals surface area (Å²) in [4.78, 5) is 2.22. The molecule has 0 radical (unpaired) electrons. The van der Waals surface area contributed by atoms with Crippen molar-refractivity contribution in [1.29, 1.82) is 0 Å². The highest BCUT2D eigenvalue weighted by atomic mass is 15.1. The third-order valence-electron chi connectivity index (χ3n) is 2.55. The van der Waals surface area contributed by atoms with E-state index in [0.717, 1.165) is 0 Å². The fourth-order valence-electron chi connectivity index (χ4n) is 1.81. The molecule has 14 heavy (non-hydrogen) atoms. The fraction of sp³-hybridized carbons (Fsp3) is 0.231. The smallest absolute Gasteiger partial charge is 0.0535 e. The van der Waals surface area contributed by atoms with Gasteiger partial charge in [0.1, 0.15) is 0 Å². The van der Waals surface area contributed by atoms with E-state index in [4.69, 9.17) is 0 Å². The van der Waals surface area contributed by atoms with Gasteiger partial charge in [-0.25, -0.2) is 0 Å². The molecule has 0 aliphatic heterocycles. The Kier molecular flexibility index (Phi) is 2.51. The number of nitrogens with zero attached hydrogens (tertiary/aromatic N) is 1. The second-order valence-corrected chi connectivity index (χ2v) is 3.78. The van der Waals surface area contributed by atoms with Crippen LogP contribution in [0.1, 0.15) is 5.56 Å². The van der Waals surface area contributed by atoms with E-state index >= 15 is 0 Å². The van der Waals surface area contributed by atoms with Gasteiger partial charge in [0, 0.05) is 0 Å². The molecule has 0 heterocycles. The molecular weight excluding hydrogens is 170 g/mol. The zero-order chi connectivity index (χ0) is 9.97. The highest BCUT2D eigenvalue weighted by Crippen LogP contribution is 2.25. The average Bonchev–Trinajstić information content (AvgIpc) is 2.67. The molecule has 0 aromatic heterocycles. The van der Waals surface area contributed by atoms with Gasteiger partial charge in [-0.2, -0.15) is 0 Å². The Hall–Kier alpha value is -1.34. The van der Waals surface area contributed by atoms with Crippen LogP contribution in [0.2, 0.25) is 0 Å². The van der Waals surface area contributed by atoms with Gasteiger partial charge in [-0.3, -0.25) is 4.90 Å². The second kappa shape index (κ2) is 3.81. The summed E-state index contributed by atoms with van der Waals surface area (Å²) in [7, 11) is 4.22. The summed E-state index contributed by atoms with van der Waals surface area (Å²) in [6, 6.07) is 11.0. The normalized spacial score (nSPS) is 20.2. The lowest BCUT2D eigenvalue weighted by Gasteiger charge is -2.21. The maximum Gasteiger partial charge on any atom is 0.0535 e. The summed E-state index contributed by atoms with van der Waals surface area (Å²) in [6.45, 7) is 0. The topological polar surface area (TPSA) is 3.24 Å². The Bertz CT molecular complexity index is 360. The molecule has 72 valence electrons. The lowest BCUT2D eigenvalue weighted by molar-refractivity contribution is 0.402. The van der Waals surface area contributed by atoms with Crippen LogP contribution in [-0.4, -0.2) is 25.0 Å². The van der Waals surface area contributed by atoms with E-state index in [9.17, 15) is 0 Å². The van der Waals surface area contributed by atoms with Gasteiger partial charge < -0.3 is 0 Å². The van der Waals surface area contributed by atoms with Crippen LogP contribution in [0.5, 0.6) is 0 Å². The Morgan fingerprint density at radius 3 is 2.43 bits per heavy atom. The number of hydrogen-bond donors (Lipinski definition) is 0. The Balaban J connectivity index is 2.29. The van der Waals surface area contributed by atoms with Gasteiger partial charge in [0.05, 0.1) is 6.04 Å². The van der Waals surface area contributed by atoms with E-state index in [1.165, 1.54) is 11.1 Å². The van der Waals surface area contributed by atoms with E-state index < -0.39 is 0 Å². The van der Waals surface area contributed by atoms with E-state index in [1.807, 2.05) is 0 Å². The predicted molar refractivity (Wildman–Crippen MR) is 61.0 cm³/mol. The number of rotatable bonds is 2. The van der Waals surface area contributed by atoms with Crippen molar-refractivity contribution < 1.29 is 0 Å². The molecule has 1 aromatic carbocycles. The largest absolute Gasteiger partial charge is 0.299 e. The molecule has 1 aliphatic rings. The monoisotopic (exact) mass is 185 g/mol. The van der Waals surface area contributed by atoms with Gasteiger partial charge in [-0.15, -0.1) is 0 Å². The third kappa shape index (κ3) is 1.64. The molecule has 0 bridgehead atoms. The molecule has 1 aliphatic carbocycles. The number of benzene rings is 1. The van der Waals surface area contributed by atoms with E-state index in [1.54, 1.807) is 0 Å². The minimum atomic E-state index is 0.428. The predicted octanol–water partition coefficient (Wildman–Crippen LogP) is 2.57. The van der Waals surface area contributed by atoms with Gasteiger partial charge in [-0.05, 0) is 25.2 Å². The molecule has 1 heteroatoms. The third-order valence-corrected chi connectivity index (χ3v) is 2.55. The van der Waals surface area contributed by atoms with Crippen molar-refractivity contribution in [3.05, 3.63) is 54.1 Å². The average molecular weight is 185 g/mol. The maximum absolute atomic E-state index is 2.22. The number of likely N-dealkylation sites (N-methyl/N-ethyl adjacent to an activating group) is 1. The van der Waals surface area contributed by atoms with E-state index in [0.29, 0.717) is 6.04 Å². The van der Waals surface area contributed by atoms with Crippen LogP contribution in [-0.2, 0) is 0 Å². The van der Waals surface area contributed by atoms with Crippen LogP contribution in [0.25, 0.3) is 5.57 Å². The Morgan fingerprint density at radius 1 is 1.07 bits per heavy atom. The first kappa shape index (κ1) is 9.22. The molecule has 1 aromatic rings. The van der Waals surface area contributed by atoms with E-state index in [2.05, 4.69) is 67.6 Å². The molecule has 0 saturated carbocycles. The molecule has 1 unspecified atom stereocenters. The maximum atomic E-state index is 2.22. The zero-order valence-corrected chi connectivity index (χ0v) is 8.64. The molecule has 0 N–H and O–H groups in total. The summed E-state index contributed by atoms with van der Waals surface area (Å²) >= 11 is 0. The standard InChI is InChI=1S/C13H15N/c1-14(2)13-10-6-9-12(13)11-7-4-3-5-8-11/h3-10,13H,1-2H3. The lowest BCUT2D eigenvalue weighted by Crippen LogP contribution is -2.25. The van der Waals surface area contributed by atoms with Crippen LogP contribution in [0.4, 0.5) is 0 Å². The fourth-order valence-corrected chi connectivity index (χ4v) is 1.81. The highest BCUT2D eigenvalue weighted by molar-refractivity contribution is 5.75. The molecule has 1 nitrogen and oxygen atoms in total. The van der Waals surface area contributed by atoms with Crippen LogP contribution in [0.15, 0.2) is 48.6 Å². The molecule has 0 spiro atoms. The molecular formula is C13H15N. The molecule has 0 saturated heterocycles. The minimum absolute atomic E-state index is 0.428. The van der Waals surface area contributed by atoms with Gasteiger partial charge in [0.15, 0.2) is 0 Å². The van der Waals surface area contributed by atoms with Crippen LogP contribution in [0.3, 0.4) is 0 Å². The first-order valence-corrected chi connectivity index (χ1v) is 4.89. The first-order chi connectivity index (χ1) is 6.79. The second-order valence-electron chi connectivity index (χ2n) is 3.78. The summed E-state index contributed by atoms with van der Waals surface area (Å²) in [5, 5.41) is 0. The molecule has 0 amide bonds. The van der Waals surface area contributed by atoms with Crippen molar-refractivity contribution in [2.75, 3.05) is 14.1 Å². The molecule has 1 atom stereocenters. The van der Waals surface area contributed by atoms with Crippen molar-refractivity contribution in [3.8, 4) is 0 Å². The Labute approximate surface area is 85.4 Å².